The van der Waals surface area contributed by atoms with Gasteiger partial charge < -0.3 is 15.4 Å². The molecule has 2 N–H and O–H groups in total. The van der Waals surface area contributed by atoms with Crippen LogP contribution < -0.4 is 10.6 Å². The van der Waals surface area contributed by atoms with Crippen LogP contribution in [0.15, 0.2) is 24.3 Å². The van der Waals surface area contributed by atoms with Crippen LogP contribution in [0.4, 0.5) is 5.69 Å². The Morgan fingerprint density at radius 3 is 2.70 bits per heavy atom. The lowest BCUT2D eigenvalue weighted by Crippen LogP contribution is -2.58. The first-order chi connectivity index (χ1) is 9.51. The minimum atomic E-state index is -0.894. The van der Waals surface area contributed by atoms with E-state index in [1.165, 1.54) is 12.7 Å². The number of aryl methyl sites for hydroxylation is 1. The summed E-state index contributed by atoms with van der Waals surface area (Å²) in [6.45, 7) is 5.46. The molecule has 1 aromatic rings. The maximum Gasteiger partial charge on any atom is 0.327 e. The van der Waals surface area contributed by atoms with E-state index in [1.54, 1.807) is 0 Å². The summed E-state index contributed by atoms with van der Waals surface area (Å²) in [6, 6.07) is 8.27. The van der Waals surface area contributed by atoms with Crippen LogP contribution in [0.25, 0.3) is 0 Å². The van der Waals surface area contributed by atoms with Gasteiger partial charge in [0, 0.05) is 18.8 Å². The Labute approximate surface area is 120 Å². The number of likely N-dealkylation sites (N-methyl/N-ethyl adjacent to an activating group) is 1. The van der Waals surface area contributed by atoms with E-state index >= 15 is 0 Å². The molecular weight excluding hydrogens is 252 g/mol. The van der Waals surface area contributed by atoms with E-state index < -0.39 is 5.54 Å². The van der Waals surface area contributed by atoms with Crippen molar-refractivity contribution in [1.82, 2.24) is 0 Å². The molecule has 0 amide bonds. The lowest BCUT2D eigenvalue weighted by molar-refractivity contribution is -0.147. The molecule has 1 aliphatic rings. The van der Waals surface area contributed by atoms with Crippen molar-refractivity contribution >= 4 is 11.7 Å². The van der Waals surface area contributed by atoms with Crippen molar-refractivity contribution in [2.45, 2.75) is 32.2 Å². The van der Waals surface area contributed by atoms with Crippen molar-refractivity contribution in [2.24, 2.45) is 11.7 Å². The number of benzene rings is 1. The number of methoxy groups -OCH3 is 1. The second-order valence-electron chi connectivity index (χ2n) is 5.66. The monoisotopic (exact) mass is 276 g/mol. The van der Waals surface area contributed by atoms with Crippen molar-refractivity contribution in [3.05, 3.63) is 29.8 Å². The zero-order valence-electron chi connectivity index (χ0n) is 12.6. The van der Waals surface area contributed by atoms with Crippen molar-refractivity contribution in [3.63, 3.8) is 0 Å². The fourth-order valence-corrected chi connectivity index (χ4v) is 2.67. The fraction of sp³-hybridized carbons (Fsp3) is 0.562. The summed E-state index contributed by atoms with van der Waals surface area (Å²) in [4.78, 5) is 14.2. The van der Waals surface area contributed by atoms with E-state index in [4.69, 9.17) is 10.5 Å². The molecule has 2 rings (SSSR count). The minimum absolute atomic E-state index is 0.244. The van der Waals surface area contributed by atoms with Gasteiger partial charge in [0.05, 0.1) is 7.11 Å². The third-order valence-electron chi connectivity index (χ3n) is 4.07. The first-order valence-electron chi connectivity index (χ1n) is 7.20. The molecule has 4 nitrogen and oxygen atoms in total. The largest absolute Gasteiger partial charge is 0.468 e. The second kappa shape index (κ2) is 5.83. The first-order valence-corrected chi connectivity index (χ1v) is 7.20. The molecule has 1 aliphatic carbocycles. The summed E-state index contributed by atoms with van der Waals surface area (Å²) >= 11 is 0. The molecule has 0 saturated heterocycles. The number of carbonyl (C=O) groups excluding carboxylic acids is 1. The standard InChI is InChI=1S/C16H24N2O2/c1-4-18(14-7-5-6-12(2)10-14)11-16(17,13-8-9-13)15(19)20-3/h5-7,10,13H,4,8-9,11,17H2,1-3H3. The molecular formula is C16H24N2O2. The number of carbonyl (C=O) groups is 1. The second-order valence-corrected chi connectivity index (χ2v) is 5.66. The Morgan fingerprint density at radius 2 is 2.20 bits per heavy atom. The van der Waals surface area contributed by atoms with Crippen LogP contribution in [0, 0.1) is 12.8 Å². The van der Waals surface area contributed by atoms with Gasteiger partial charge in [0.25, 0.3) is 0 Å². The number of esters is 1. The number of hydrogen-bond acceptors (Lipinski definition) is 4. The third-order valence-corrected chi connectivity index (χ3v) is 4.07. The number of nitrogens with two attached hydrogens (primary N) is 1. The number of hydrogen-bond donors (Lipinski definition) is 1. The molecule has 0 spiro atoms. The normalized spacial score (nSPS) is 17.4. The van der Waals surface area contributed by atoms with Gasteiger partial charge in [0.1, 0.15) is 5.54 Å². The third kappa shape index (κ3) is 2.96. The van der Waals surface area contributed by atoms with Gasteiger partial charge in [-0.25, -0.2) is 4.79 Å². The molecule has 0 aliphatic heterocycles. The summed E-state index contributed by atoms with van der Waals surface area (Å²) in [5.74, 6) is -0.0556. The average molecular weight is 276 g/mol. The van der Waals surface area contributed by atoms with E-state index in [9.17, 15) is 4.79 Å². The SMILES string of the molecule is CCN(CC(N)(C(=O)OC)C1CC1)c1cccc(C)c1. The molecule has 1 saturated carbocycles. The predicted molar refractivity (Wildman–Crippen MR) is 80.7 cm³/mol. The van der Waals surface area contributed by atoms with Crippen molar-refractivity contribution in [3.8, 4) is 0 Å². The fourth-order valence-electron chi connectivity index (χ4n) is 2.67. The van der Waals surface area contributed by atoms with Crippen molar-refractivity contribution < 1.29 is 9.53 Å². The van der Waals surface area contributed by atoms with Gasteiger partial charge >= 0.3 is 5.97 Å². The van der Waals surface area contributed by atoms with Crippen LogP contribution in [0.1, 0.15) is 25.3 Å². The topological polar surface area (TPSA) is 55.6 Å². The lowest BCUT2D eigenvalue weighted by atomic mass is 9.93. The van der Waals surface area contributed by atoms with E-state index in [2.05, 4.69) is 36.9 Å². The minimum Gasteiger partial charge on any atom is -0.468 e. The Kier molecular flexibility index (Phi) is 4.33. The van der Waals surface area contributed by atoms with Gasteiger partial charge in [-0.05, 0) is 50.3 Å². The maximum absolute atomic E-state index is 12.1. The van der Waals surface area contributed by atoms with E-state index in [-0.39, 0.29) is 11.9 Å². The molecule has 110 valence electrons. The summed E-state index contributed by atoms with van der Waals surface area (Å²) in [5.41, 5.74) is 7.80. The summed E-state index contributed by atoms with van der Waals surface area (Å²) in [7, 11) is 1.41. The van der Waals surface area contributed by atoms with Crippen LogP contribution in [-0.4, -0.2) is 31.7 Å². The quantitative estimate of drug-likeness (QED) is 0.808. The highest BCUT2D eigenvalue weighted by Crippen LogP contribution is 2.40. The zero-order chi connectivity index (χ0) is 14.8. The van der Waals surface area contributed by atoms with E-state index in [1.807, 2.05) is 6.07 Å². The molecule has 0 radical (unpaired) electrons. The Morgan fingerprint density at radius 1 is 1.50 bits per heavy atom. The van der Waals surface area contributed by atoms with E-state index in [0.717, 1.165) is 25.1 Å². The van der Waals surface area contributed by atoms with Gasteiger partial charge in [-0.1, -0.05) is 12.1 Å². The van der Waals surface area contributed by atoms with Gasteiger partial charge in [0.15, 0.2) is 0 Å². The van der Waals surface area contributed by atoms with Crippen molar-refractivity contribution in [1.29, 1.82) is 0 Å². The lowest BCUT2D eigenvalue weighted by Gasteiger charge is -2.34. The van der Waals surface area contributed by atoms with Gasteiger partial charge in [-0.2, -0.15) is 0 Å². The predicted octanol–water partition coefficient (Wildman–Crippen LogP) is 2.10. The van der Waals surface area contributed by atoms with Crippen LogP contribution in [-0.2, 0) is 9.53 Å². The zero-order valence-corrected chi connectivity index (χ0v) is 12.6. The molecule has 1 unspecified atom stereocenters. The van der Waals surface area contributed by atoms with Crippen LogP contribution in [0.5, 0.6) is 0 Å². The number of anilines is 1. The number of rotatable bonds is 6. The Hall–Kier alpha value is -1.55. The molecule has 0 heterocycles. The van der Waals surface area contributed by atoms with Crippen LogP contribution in [0.3, 0.4) is 0 Å². The summed E-state index contributed by atoms with van der Waals surface area (Å²) in [5, 5.41) is 0. The molecule has 4 heteroatoms. The van der Waals surface area contributed by atoms with Gasteiger partial charge in [-0.15, -0.1) is 0 Å². The summed E-state index contributed by atoms with van der Waals surface area (Å²) in [6.07, 6.45) is 2.02. The van der Waals surface area contributed by atoms with Crippen LogP contribution in [0.2, 0.25) is 0 Å². The number of ether oxygens (including phenoxy) is 1. The highest BCUT2D eigenvalue weighted by Gasteiger charge is 2.49. The number of nitrogens with zero attached hydrogens (tertiary/aromatic N) is 1. The van der Waals surface area contributed by atoms with Crippen LogP contribution >= 0.6 is 0 Å². The smallest absolute Gasteiger partial charge is 0.327 e. The maximum atomic E-state index is 12.1. The summed E-state index contributed by atoms with van der Waals surface area (Å²) < 4.78 is 4.93. The Bertz CT molecular complexity index is 485. The van der Waals surface area contributed by atoms with Gasteiger partial charge in [-0.3, -0.25) is 0 Å². The highest BCUT2D eigenvalue weighted by atomic mass is 16.5. The average Bonchev–Trinajstić information content (AvgIpc) is 3.28. The van der Waals surface area contributed by atoms with E-state index in [0.29, 0.717) is 6.54 Å². The van der Waals surface area contributed by atoms with Gasteiger partial charge in [0.2, 0.25) is 0 Å². The Balaban J connectivity index is 2.21. The molecule has 1 fully saturated rings. The van der Waals surface area contributed by atoms with Crippen molar-refractivity contribution in [2.75, 3.05) is 25.1 Å². The molecule has 0 aromatic heterocycles. The molecule has 0 bridgehead atoms. The first kappa shape index (κ1) is 14.9. The molecule has 20 heavy (non-hydrogen) atoms. The molecule has 1 atom stereocenters. The molecule has 1 aromatic carbocycles. The highest BCUT2D eigenvalue weighted by molar-refractivity contribution is 5.82.